The zero-order valence-electron chi connectivity index (χ0n) is 9.05. The van der Waals surface area contributed by atoms with E-state index in [9.17, 15) is 0 Å². The SMILES string of the molecule is Cl.NOC(c1ccccc1)c1ccccc1Br. The summed E-state index contributed by atoms with van der Waals surface area (Å²) in [6.45, 7) is 0. The Hall–Kier alpha value is -0.870. The third-order valence-corrected chi connectivity index (χ3v) is 3.15. The molecule has 2 aromatic carbocycles. The Morgan fingerprint density at radius 3 is 2.12 bits per heavy atom. The second kappa shape index (κ2) is 6.77. The number of nitrogens with two attached hydrogens (primary N) is 1. The van der Waals surface area contributed by atoms with E-state index in [2.05, 4.69) is 15.9 Å². The second-order valence-corrected chi connectivity index (χ2v) is 4.30. The van der Waals surface area contributed by atoms with Crippen molar-refractivity contribution in [2.75, 3.05) is 0 Å². The Kier molecular flexibility index (Phi) is 5.65. The third-order valence-electron chi connectivity index (χ3n) is 2.43. The highest BCUT2D eigenvalue weighted by molar-refractivity contribution is 9.10. The molecule has 2 aromatic rings. The molecule has 0 aromatic heterocycles. The quantitative estimate of drug-likeness (QED) is 0.873. The molecule has 2 rings (SSSR count). The van der Waals surface area contributed by atoms with Gasteiger partial charge in [0, 0.05) is 10.0 Å². The molecule has 0 aliphatic carbocycles. The van der Waals surface area contributed by atoms with Crippen LogP contribution in [-0.4, -0.2) is 0 Å². The van der Waals surface area contributed by atoms with Crippen molar-refractivity contribution in [3.8, 4) is 0 Å². The first-order valence-electron chi connectivity index (χ1n) is 4.98. The van der Waals surface area contributed by atoms with E-state index in [0.29, 0.717) is 0 Å². The lowest BCUT2D eigenvalue weighted by Crippen LogP contribution is -2.11. The lowest BCUT2D eigenvalue weighted by molar-refractivity contribution is 0.0809. The highest BCUT2D eigenvalue weighted by Crippen LogP contribution is 2.29. The predicted octanol–water partition coefficient (Wildman–Crippen LogP) is 3.85. The largest absolute Gasteiger partial charge is 0.292 e. The van der Waals surface area contributed by atoms with Gasteiger partial charge in [-0.2, -0.15) is 0 Å². The lowest BCUT2D eigenvalue weighted by Gasteiger charge is -2.16. The molecule has 0 amide bonds. The molecule has 0 bridgehead atoms. The van der Waals surface area contributed by atoms with E-state index in [1.54, 1.807) is 0 Å². The van der Waals surface area contributed by atoms with Crippen molar-refractivity contribution in [2.45, 2.75) is 6.10 Å². The van der Waals surface area contributed by atoms with Crippen LogP contribution in [0.3, 0.4) is 0 Å². The van der Waals surface area contributed by atoms with E-state index < -0.39 is 0 Å². The minimum Gasteiger partial charge on any atom is -0.292 e. The van der Waals surface area contributed by atoms with Crippen LogP contribution >= 0.6 is 28.3 Å². The van der Waals surface area contributed by atoms with E-state index in [1.165, 1.54) is 0 Å². The van der Waals surface area contributed by atoms with Gasteiger partial charge in [0.15, 0.2) is 0 Å². The number of halogens is 2. The first-order chi connectivity index (χ1) is 7.83. The smallest absolute Gasteiger partial charge is 0.130 e. The van der Waals surface area contributed by atoms with Gasteiger partial charge in [-0.3, -0.25) is 4.84 Å². The van der Waals surface area contributed by atoms with E-state index in [-0.39, 0.29) is 18.5 Å². The van der Waals surface area contributed by atoms with E-state index >= 15 is 0 Å². The summed E-state index contributed by atoms with van der Waals surface area (Å²) < 4.78 is 0.995. The first kappa shape index (κ1) is 14.2. The summed E-state index contributed by atoms with van der Waals surface area (Å²) >= 11 is 3.50. The zero-order valence-corrected chi connectivity index (χ0v) is 11.4. The van der Waals surface area contributed by atoms with Crippen molar-refractivity contribution >= 4 is 28.3 Å². The van der Waals surface area contributed by atoms with Crippen molar-refractivity contribution < 1.29 is 4.84 Å². The van der Waals surface area contributed by atoms with Gasteiger partial charge < -0.3 is 0 Å². The summed E-state index contributed by atoms with van der Waals surface area (Å²) in [4.78, 5) is 5.07. The minimum absolute atomic E-state index is 0. The normalized spacial score (nSPS) is 11.6. The molecule has 2 N–H and O–H groups in total. The van der Waals surface area contributed by atoms with Crippen LogP contribution in [0.25, 0.3) is 0 Å². The van der Waals surface area contributed by atoms with Crippen LogP contribution in [0.2, 0.25) is 0 Å². The highest BCUT2D eigenvalue weighted by atomic mass is 79.9. The molecule has 4 heteroatoms. The summed E-state index contributed by atoms with van der Waals surface area (Å²) in [6, 6.07) is 17.8. The number of hydrogen-bond donors (Lipinski definition) is 1. The van der Waals surface area contributed by atoms with Crippen molar-refractivity contribution in [2.24, 2.45) is 5.90 Å². The molecule has 90 valence electrons. The average Bonchev–Trinajstić information content (AvgIpc) is 2.34. The molecule has 0 aliphatic rings. The highest BCUT2D eigenvalue weighted by Gasteiger charge is 2.15. The molecule has 17 heavy (non-hydrogen) atoms. The van der Waals surface area contributed by atoms with Crippen LogP contribution in [0.15, 0.2) is 59.1 Å². The van der Waals surface area contributed by atoms with Crippen LogP contribution < -0.4 is 5.90 Å². The van der Waals surface area contributed by atoms with Crippen molar-refractivity contribution in [3.05, 3.63) is 70.2 Å². The fourth-order valence-electron chi connectivity index (χ4n) is 1.65. The van der Waals surface area contributed by atoms with Gasteiger partial charge in [-0.1, -0.05) is 64.5 Å². The van der Waals surface area contributed by atoms with Crippen molar-refractivity contribution in [1.29, 1.82) is 0 Å². The standard InChI is InChI=1S/C13H12BrNO.ClH/c14-12-9-5-4-8-11(12)13(16-15)10-6-2-1-3-7-10;/h1-9,13H,15H2;1H. The summed E-state index contributed by atoms with van der Waals surface area (Å²) in [5, 5.41) is 0. The average molecular weight is 315 g/mol. The molecule has 0 fully saturated rings. The lowest BCUT2D eigenvalue weighted by atomic mass is 10.0. The number of rotatable bonds is 3. The number of benzene rings is 2. The summed E-state index contributed by atoms with van der Waals surface area (Å²) in [5.41, 5.74) is 2.06. The maximum absolute atomic E-state index is 5.38. The van der Waals surface area contributed by atoms with Gasteiger partial charge in [0.25, 0.3) is 0 Å². The molecule has 0 aliphatic heterocycles. The maximum atomic E-state index is 5.38. The maximum Gasteiger partial charge on any atom is 0.130 e. The van der Waals surface area contributed by atoms with Gasteiger partial charge in [0.05, 0.1) is 0 Å². The Bertz CT molecular complexity index is 464. The minimum atomic E-state index is -0.239. The third kappa shape index (κ3) is 3.30. The van der Waals surface area contributed by atoms with Gasteiger partial charge in [-0.05, 0) is 11.6 Å². The molecule has 0 saturated carbocycles. The molecule has 0 heterocycles. The fourth-order valence-corrected chi connectivity index (χ4v) is 2.14. The first-order valence-corrected chi connectivity index (χ1v) is 5.77. The van der Waals surface area contributed by atoms with Gasteiger partial charge >= 0.3 is 0 Å². The Morgan fingerprint density at radius 1 is 0.941 bits per heavy atom. The molecular formula is C13H13BrClNO. The van der Waals surface area contributed by atoms with Crippen LogP contribution in [0.4, 0.5) is 0 Å². The van der Waals surface area contributed by atoms with Crippen LogP contribution in [0.1, 0.15) is 17.2 Å². The van der Waals surface area contributed by atoms with E-state index in [4.69, 9.17) is 10.7 Å². The van der Waals surface area contributed by atoms with E-state index in [0.717, 1.165) is 15.6 Å². The van der Waals surface area contributed by atoms with Gasteiger partial charge in [-0.15, -0.1) is 12.4 Å². The molecule has 2 nitrogen and oxygen atoms in total. The Labute approximate surface area is 115 Å². The monoisotopic (exact) mass is 313 g/mol. The van der Waals surface area contributed by atoms with Crippen LogP contribution in [0, 0.1) is 0 Å². The molecule has 0 spiro atoms. The van der Waals surface area contributed by atoms with Crippen LogP contribution in [0.5, 0.6) is 0 Å². The molecule has 0 saturated heterocycles. The topological polar surface area (TPSA) is 35.2 Å². The van der Waals surface area contributed by atoms with E-state index in [1.807, 2.05) is 54.6 Å². The summed E-state index contributed by atoms with van der Waals surface area (Å²) in [6.07, 6.45) is -0.239. The predicted molar refractivity (Wildman–Crippen MR) is 74.9 cm³/mol. The van der Waals surface area contributed by atoms with Gasteiger partial charge in [-0.25, -0.2) is 5.90 Å². The second-order valence-electron chi connectivity index (χ2n) is 3.45. The molecule has 0 radical (unpaired) electrons. The summed E-state index contributed by atoms with van der Waals surface area (Å²) in [7, 11) is 0. The summed E-state index contributed by atoms with van der Waals surface area (Å²) in [5.74, 6) is 5.38. The van der Waals surface area contributed by atoms with Crippen LogP contribution in [-0.2, 0) is 4.84 Å². The van der Waals surface area contributed by atoms with Gasteiger partial charge in [0.1, 0.15) is 6.10 Å². The molecule has 1 unspecified atom stereocenters. The number of hydrogen-bond acceptors (Lipinski definition) is 2. The molecular weight excluding hydrogens is 302 g/mol. The molecule has 1 atom stereocenters. The Balaban J connectivity index is 0.00000144. The van der Waals surface area contributed by atoms with Gasteiger partial charge in [0.2, 0.25) is 0 Å². The fraction of sp³-hybridized carbons (Fsp3) is 0.0769. The van der Waals surface area contributed by atoms with Crippen molar-refractivity contribution in [1.82, 2.24) is 0 Å². The van der Waals surface area contributed by atoms with Crippen molar-refractivity contribution in [3.63, 3.8) is 0 Å². The zero-order chi connectivity index (χ0) is 11.4. The Morgan fingerprint density at radius 2 is 1.53 bits per heavy atom.